The van der Waals surface area contributed by atoms with Crippen LogP contribution in [-0.2, 0) is 13.0 Å². The predicted octanol–water partition coefficient (Wildman–Crippen LogP) is 4.51. The van der Waals surface area contributed by atoms with Gasteiger partial charge in [-0.1, -0.05) is 43.3 Å². The molecule has 5 nitrogen and oxygen atoms in total. The van der Waals surface area contributed by atoms with Gasteiger partial charge in [0.1, 0.15) is 5.82 Å². The molecule has 0 saturated heterocycles. The van der Waals surface area contributed by atoms with Crippen LogP contribution in [0.5, 0.6) is 0 Å². The van der Waals surface area contributed by atoms with Crippen LogP contribution >= 0.6 is 35.3 Å². The second-order valence-electron chi connectivity index (χ2n) is 6.77. The Kier molecular flexibility index (Phi) is 10.2. The lowest BCUT2D eigenvalue weighted by Gasteiger charge is -2.13. The number of halogens is 1. The zero-order valence-corrected chi connectivity index (χ0v) is 20.2. The molecular weight excluding hydrogens is 493 g/mol. The lowest BCUT2D eigenvalue weighted by Crippen LogP contribution is -2.38. The van der Waals surface area contributed by atoms with Crippen LogP contribution in [-0.4, -0.2) is 35.1 Å². The number of nitrogens with zero attached hydrogens (tertiary/aromatic N) is 3. The summed E-state index contributed by atoms with van der Waals surface area (Å²) in [4.78, 5) is 10.7. The van der Waals surface area contributed by atoms with Gasteiger partial charge in [0.25, 0.3) is 0 Å². The van der Waals surface area contributed by atoms with Gasteiger partial charge in [-0.3, -0.25) is 4.99 Å². The molecule has 0 aliphatic rings. The molecule has 0 amide bonds. The van der Waals surface area contributed by atoms with Crippen molar-refractivity contribution in [1.29, 1.82) is 0 Å². The topological polar surface area (TPSA) is 54.2 Å². The van der Waals surface area contributed by atoms with Gasteiger partial charge in [-0.05, 0) is 23.9 Å². The molecule has 3 rings (SSSR count). The van der Waals surface area contributed by atoms with E-state index in [1.54, 1.807) is 11.3 Å². The van der Waals surface area contributed by atoms with E-state index in [2.05, 4.69) is 75.8 Å². The number of guanidine groups is 1. The van der Waals surface area contributed by atoms with E-state index in [4.69, 9.17) is 4.99 Å². The minimum Gasteiger partial charge on any atom is -0.357 e. The quantitative estimate of drug-likeness (QED) is 0.247. The summed E-state index contributed by atoms with van der Waals surface area (Å²) < 4.78 is 2.21. The van der Waals surface area contributed by atoms with Crippen molar-refractivity contribution >= 4 is 41.3 Å². The minimum atomic E-state index is 0. The Morgan fingerprint density at radius 2 is 2.00 bits per heavy atom. The number of aliphatic imine (C=N–C) groups is 1. The first-order valence-electron chi connectivity index (χ1n) is 9.85. The van der Waals surface area contributed by atoms with E-state index in [1.165, 1.54) is 10.4 Å². The number of hydrogen-bond acceptors (Lipinski definition) is 3. The van der Waals surface area contributed by atoms with E-state index < -0.39 is 0 Å². The van der Waals surface area contributed by atoms with E-state index in [1.807, 2.05) is 18.5 Å². The zero-order valence-electron chi connectivity index (χ0n) is 17.0. The molecule has 156 valence electrons. The third-order valence-corrected chi connectivity index (χ3v) is 5.64. The number of benzene rings is 1. The van der Waals surface area contributed by atoms with E-state index in [0.29, 0.717) is 5.92 Å². The molecule has 0 aliphatic heterocycles. The van der Waals surface area contributed by atoms with Gasteiger partial charge in [0.05, 0.1) is 6.54 Å². The molecule has 3 aromatic rings. The molecule has 0 saturated carbocycles. The average Bonchev–Trinajstić information content (AvgIpc) is 3.39. The first-order chi connectivity index (χ1) is 13.8. The molecule has 2 N–H and O–H groups in total. The highest BCUT2D eigenvalue weighted by molar-refractivity contribution is 14.0. The fourth-order valence-corrected chi connectivity index (χ4v) is 3.79. The maximum Gasteiger partial charge on any atom is 0.191 e. The summed E-state index contributed by atoms with van der Waals surface area (Å²) in [6, 6.07) is 14.8. The van der Waals surface area contributed by atoms with Gasteiger partial charge < -0.3 is 15.2 Å². The summed E-state index contributed by atoms with van der Waals surface area (Å²) >= 11 is 1.79. The van der Waals surface area contributed by atoms with Crippen molar-refractivity contribution in [3.05, 3.63) is 76.5 Å². The second-order valence-corrected chi connectivity index (χ2v) is 7.75. The number of thiophene rings is 1. The minimum absolute atomic E-state index is 0. The van der Waals surface area contributed by atoms with Crippen LogP contribution < -0.4 is 10.6 Å². The van der Waals surface area contributed by atoms with Crippen LogP contribution in [0.2, 0.25) is 0 Å². The average molecular weight is 523 g/mol. The van der Waals surface area contributed by atoms with Crippen LogP contribution in [0.3, 0.4) is 0 Å². The first kappa shape index (κ1) is 23.4. The molecule has 0 bridgehead atoms. The van der Waals surface area contributed by atoms with Crippen LogP contribution in [0, 0.1) is 0 Å². The monoisotopic (exact) mass is 523 g/mol. The lowest BCUT2D eigenvalue weighted by molar-refractivity contribution is 0.691. The van der Waals surface area contributed by atoms with Gasteiger partial charge in [0.15, 0.2) is 5.96 Å². The first-order valence-corrected chi connectivity index (χ1v) is 10.7. The maximum absolute atomic E-state index is 4.75. The van der Waals surface area contributed by atoms with Crippen molar-refractivity contribution in [2.24, 2.45) is 4.99 Å². The molecule has 0 fully saturated rings. The fraction of sp³-hybridized carbons (Fsp3) is 0.364. The summed E-state index contributed by atoms with van der Waals surface area (Å²) in [5.41, 5.74) is 1.28. The van der Waals surface area contributed by atoms with Crippen molar-refractivity contribution < 1.29 is 0 Å². The van der Waals surface area contributed by atoms with Gasteiger partial charge in [0.2, 0.25) is 0 Å². The molecule has 0 spiro atoms. The Balaban J connectivity index is 0.00000300. The van der Waals surface area contributed by atoms with Crippen molar-refractivity contribution in [3.63, 3.8) is 0 Å². The van der Waals surface area contributed by atoms with E-state index >= 15 is 0 Å². The Hall–Kier alpha value is -1.87. The highest BCUT2D eigenvalue weighted by Crippen LogP contribution is 2.20. The van der Waals surface area contributed by atoms with Crippen molar-refractivity contribution in [2.45, 2.75) is 32.7 Å². The second kappa shape index (κ2) is 12.6. The number of nitrogens with one attached hydrogen (secondary N) is 2. The molecule has 29 heavy (non-hydrogen) atoms. The molecule has 1 aromatic carbocycles. The van der Waals surface area contributed by atoms with Gasteiger partial charge in [-0.2, -0.15) is 0 Å². The normalized spacial score (nSPS) is 12.3. The van der Waals surface area contributed by atoms with E-state index in [-0.39, 0.29) is 24.0 Å². The van der Waals surface area contributed by atoms with Gasteiger partial charge in [-0.25, -0.2) is 4.98 Å². The van der Waals surface area contributed by atoms with Crippen molar-refractivity contribution in [1.82, 2.24) is 20.2 Å². The molecule has 2 heterocycles. The standard InChI is InChI=1S/C22H29N5S.HI/c1-3-23-22(26-16-18(2)20-10-7-15-28-20)25-12-11-21-24-13-14-27(21)17-19-8-5-4-6-9-19;/h4-10,13-15,18H,3,11-12,16-17H2,1-2H3,(H2,23,25,26);1H. The fourth-order valence-electron chi connectivity index (χ4n) is 3.02. The SMILES string of the molecule is CCNC(=NCC(C)c1cccs1)NCCc1nccn1Cc1ccccc1.I. The number of imidazole rings is 1. The van der Waals surface area contributed by atoms with Crippen molar-refractivity contribution in [3.8, 4) is 0 Å². The highest BCUT2D eigenvalue weighted by atomic mass is 127. The Bertz CT molecular complexity index is 845. The van der Waals surface area contributed by atoms with Crippen LogP contribution in [0.1, 0.15) is 36.0 Å². The van der Waals surface area contributed by atoms with Crippen LogP contribution in [0.15, 0.2) is 65.2 Å². The summed E-state index contributed by atoms with van der Waals surface area (Å²) in [6.07, 6.45) is 4.77. The third-order valence-electron chi connectivity index (χ3n) is 4.53. The molecule has 1 atom stereocenters. The molecule has 0 radical (unpaired) electrons. The Morgan fingerprint density at radius 3 is 2.72 bits per heavy atom. The maximum atomic E-state index is 4.75. The summed E-state index contributed by atoms with van der Waals surface area (Å²) in [7, 11) is 0. The van der Waals surface area contributed by atoms with E-state index in [9.17, 15) is 0 Å². The van der Waals surface area contributed by atoms with Crippen LogP contribution in [0.4, 0.5) is 0 Å². The third kappa shape index (κ3) is 7.47. The largest absolute Gasteiger partial charge is 0.357 e. The summed E-state index contributed by atoms with van der Waals surface area (Å²) in [5, 5.41) is 8.89. The molecule has 2 aromatic heterocycles. The zero-order chi connectivity index (χ0) is 19.6. The van der Waals surface area contributed by atoms with Crippen molar-refractivity contribution in [2.75, 3.05) is 19.6 Å². The summed E-state index contributed by atoms with van der Waals surface area (Å²) in [6.45, 7) is 7.58. The van der Waals surface area contributed by atoms with Gasteiger partial charge in [0, 0.05) is 49.2 Å². The molecular formula is C22H30IN5S. The van der Waals surface area contributed by atoms with E-state index in [0.717, 1.165) is 44.4 Å². The molecule has 1 unspecified atom stereocenters. The number of hydrogen-bond donors (Lipinski definition) is 2. The summed E-state index contributed by atoms with van der Waals surface area (Å²) in [5.74, 6) is 2.38. The number of aromatic nitrogens is 2. The van der Waals surface area contributed by atoms with Gasteiger partial charge >= 0.3 is 0 Å². The predicted molar refractivity (Wildman–Crippen MR) is 134 cm³/mol. The lowest BCUT2D eigenvalue weighted by atomic mass is 10.1. The highest BCUT2D eigenvalue weighted by Gasteiger charge is 2.07. The molecule has 7 heteroatoms. The molecule has 0 aliphatic carbocycles. The number of rotatable bonds is 9. The Labute approximate surface area is 194 Å². The van der Waals surface area contributed by atoms with Gasteiger partial charge in [-0.15, -0.1) is 35.3 Å². The van der Waals surface area contributed by atoms with Crippen LogP contribution in [0.25, 0.3) is 0 Å². The Morgan fingerprint density at radius 1 is 1.17 bits per heavy atom. The smallest absolute Gasteiger partial charge is 0.191 e.